The Bertz CT molecular complexity index is 3000. The number of ether oxygens (including phenoxy) is 1. The fraction of sp³-hybridized carbons (Fsp3) is 0.0545. The molecule has 9 aromatic carbocycles. The summed E-state index contributed by atoms with van der Waals surface area (Å²) in [6.45, 7) is 0.462. The molecule has 0 saturated heterocycles. The fourth-order valence-electron chi connectivity index (χ4n) is 8.47. The molecule has 10 rings (SSSR count). The third kappa shape index (κ3) is 6.67. The molecule has 0 radical (unpaired) electrons. The molecule has 0 unspecified atom stereocenters. The number of nitrogens with zero attached hydrogens (tertiary/aromatic N) is 1. The van der Waals surface area contributed by atoms with Crippen molar-refractivity contribution in [2.75, 3.05) is 10.6 Å². The molecular formula is C55H42N2O. The maximum atomic E-state index is 6.44. The molecule has 0 amide bonds. The number of fused-ring (bicyclic) bond motifs is 4. The zero-order valence-corrected chi connectivity index (χ0v) is 32.2. The van der Waals surface area contributed by atoms with E-state index in [9.17, 15) is 0 Å². The summed E-state index contributed by atoms with van der Waals surface area (Å²) in [6.07, 6.45) is 8.76. The van der Waals surface area contributed by atoms with E-state index in [-0.39, 0.29) is 0 Å². The van der Waals surface area contributed by atoms with Gasteiger partial charge in [-0.15, -0.1) is 0 Å². The van der Waals surface area contributed by atoms with Crippen molar-refractivity contribution in [3.63, 3.8) is 0 Å². The quantitative estimate of drug-likeness (QED) is 0.118. The van der Waals surface area contributed by atoms with Gasteiger partial charge in [-0.3, -0.25) is 0 Å². The third-order valence-corrected chi connectivity index (χ3v) is 11.4. The predicted octanol–water partition coefficient (Wildman–Crippen LogP) is 14.8. The van der Waals surface area contributed by atoms with E-state index >= 15 is 0 Å². The van der Waals surface area contributed by atoms with Gasteiger partial charge in [0.2, 0.25) is 0 Å². The number of para-hydroxylation sites is 1. The van der Waals surface area contributed by atoms with Crippen LogP contribution in [0.1, 0.15) is 24.0 Å². The minimum Gasteiger partial charge on any atom is -0.486 e. The molecule has 0 spiro atoms. The predicted molar refractivity (Wildman–Crippen MR) is 246 cm³/mol. The summed E-state index contributed by atoms with van der Waals surface area (Å²) in [7, 11) is 0. The van der Waals surface area contributed by atoms with Crippen LogP contribution < -0.4 is 15.4 Å². The van der Waals surface area contributed by atoms with Crippen LogP contribution in [0.25, 0.3) is 60.1 Å². The highest BCUT2D eigenvalue weighted by Gasteiger charge is 2.19. The molecule has 0 heterocycles. The number of nitrogen functional groups attached to an aromatic ring is 1. The van der Waals surface area contributed by atoms with E-state index in [0.29, 0.717) is 12.3 Å². The summed E-state index contributed by atoms with van der Waals surface area (Å²) in [5.74, 6) is 0.723. The van der Waals surface area contributed by atoms with Gasteiger partial charge in [0.05, 0.1) is 11.4 Å². The third-order valence-electron chi connectivity index (χ3n) is 11.4. The van der Waals surface area contributed by atoms with Crippen LogP contribution in [0.15, 0.2) is 206 Å². The van der Waals surface area contributed by atoms with E-state index < -0.39 is 0 Å². The maximum Gasteiger partial charge on any atom is 0.150 e. The highest BCUT2D eigenvalue weighted by molar-refractivity contribution is 6.13. The zero-order chi connectivity index (χ0) is 38.8. The molecule has 0 bridgehead atoms. The average molecular weight is 747 g/mol. The van der Waals surface area contributed by atoms with Crippen LogP contribution in [0.5, 0.6) is 5.75 Å². The largest absolute Gasteiger partial charge is 0.486 e. The topological polar surface area (TPSA) is 38.5 Å². The van der Waals surface area contributed by atoms with Gasteiger partial charge in [0.15, 0.2) is 5.75 Å². The molecule has 278 valence electrons. The van der Waals surface area contributed by atoms with E-state index in [4.69, 9.17) is 10.5 Å². The van der Waals surface area contributed by atoms with Gasteiger partial charge in [-0.1, -0.05) is 152 Å². The summed E-state index contributed by atoms with van der Waals surface area (Å²) in [5, 5.41) is 7.16. The Morgan fingerprint density at radius 1 is 0.500 bits per heavy atom. The zero-order valence-electron chi connectivity index (χ0n) is 32.2. The Balaban J connectivity index is 1.03. The Morgan fingerprint density at radius 2 is 1.16 bits per heavy atom. The summed E-state index contributed by atoms with van der Waals surface area (Å²) in [6, 6.07) is 67.3. The molecule has 2 N–H and O–H groups in total. The lowest BCUT2D eigenvalue weighted by Gasteiger charge is -2.29. The van der Waals surface area contributed by atoms with Crippen LogP contribution in [0.3, 0.4) is 0 Å². The molecule has 3 nitrogen and oxygen atoms in total. The lowest BCUT2D eigenvalue weighted by Crippen LogP contribution is -2.12. The van der Waals surface area contributed by atoms with Gasteiger partial charge < -0.3 is 15.4 Å². The minimum absolute atomic E-state index is 0.462. The Kier molecular flexibility index (Phi) is 9.25. The summed E-state index contributed by atoms with van der Waals surface area (Å²) < 4.78 is 6.29. The van der Waals surface area contributed by atoms with Gasteiger partial charge in [0.1, 0.15) is 6.61 Å². The molecule has 3 heteroatoms. The molecule has 0 saturated carbocycles. The standard InChI is InChI=1S/C55H42N2O/c56-53-34-28-44-35-42(27-33-49(44)55(53)58-37-38-13-3-1-4-14-38)39-23-29-45(30-24-39)57(54-22-12-11-19-48(54)40-15-5-2-6-16-40)46-31-25-41(26-32-46)52-36-43-17-7-8-18-47(43)50-20-9-10-21-51(50)52/h1-5,7-15,17-36H,6,16,37,56H2. The monoisotopic (exact) mass is 746 g/mol. The second kappa shape index (κ2) is 15.3. The minimum atomic E-state index is 0.462. The first-order valence-electron chi connectivity index (χ1n) is 20.0. The second-order valence-electron chi connectivity index (χ2n) is 15.0. The van der Waals surface area contributed by atoms with Crippen LogP contribution in [0.4, 0.5) is 22.7 Å². The van der Waals surface area contributed by atoms with Gasteiger partial charge >= 0.3 is 0 Å². The first-order chi connectivity index (χ1) is 28.7. The van der Waals surface area contributed by atoms with E-state index in [0.717, 1.165) is 63.1 Å². The number of hydrogen-bond donors (Lipinski definition) is 1. The number of hydrogen-bond acceptors (Lipinski definition) is 3. The molecule has 1 aliphatic rings. The molecule has 1 aliphatic carbocycles. The summed E-state index contributed by atoms with van der Waals surface area (Å²) in [4.78, 5) is 2.40. The first kappa shape index (κ1) is 35.1. The van der Waals surface area contributed by atoms with Crippen molar-refractivity contribution in [2.24, 2.45) is 0 Å². The molecule has 9 aromatic rings. The van der Waals surface area contributed by atoms with Crippen molar-refractivity contribution in [2.45, 2.75) is 19.4 Å². The highest BCUT2D eigenvalue weighted by Crippen LogP contribution is 2.43. The van der Waals surface area contributed by atoms with Crippen LogP contribution in [0.2, 0.25) is 0 Å². The van der Waals surface area contributed by atoms with Crippen molar-refractivity contribution in [1.29, 1.82) is 0 Å². The molecule has 0 aromatic heterocycles. The molecule has 0 atom stereocenters. The highest BCUT2D eigenvalue weighted by atomic mass is 16.5. The Morgan fingerprint density at radius 3 is 1.93 bits per heavy atom. The van der Waals surface area contributed by atoms with Crippen molar-refractivity contribution in [1.82, 2.24) is 0 Å². The second-order valence-corrected chi connectivity index (χ2v) is 15.0. The summed E-state index contributed by atoms with van der Waals surface area (Å²) >= 11 is 0. The number of allylic oxidation sites excluding steroid dienone is 4. The molecular weight excluding hydrogens is 705 g/mol. The van der Waals surface area contributed by atoms with Gasteiger partial charge in [-0.05, 0) is 128 Å². The van der Waals surface area contributed by atoms with E-state index in [1.54, 1.807) is 0 Å². The smallest absolute Gasteiger partial charge is 0.150 e. The first-order valence-corrected chi connectivity index (χ1v) is 20.0. The molecule has 0 fully saturated rings. The van der Waals surface area contributed by atoms with Crippen molar-refractivity contribution in [3.8, 4) is 28.0 Å². The van der Waals surface area contributed by atoms with E-state index in [1.807, 2.05) is 24.3 Å². The average Bonchev–Trinajstić information content (AvgIpc) is 3.30. The van der Waals surface area contributed by atoms with Gasteiger partial charge in [-0.2, -0.15) is 0 Å². The van der Waals surface area contributed by atoms with Crippen LogP contribution >= 0.6 is 0 Å². The maximum absolute atomic E-state index is 6.44. The van der Waals surface area contributed by atoms with Crippen molar-refractivity contribution < 1.29 is 4.74 Å². The van der Waals surface area contributed by atoms with Gasteiger partial charge in [0, 0.05) is 22.3 Å². The number of anilines is 4. The summed E-state index contributed by atoms with van der Waals surface area (Å²) in [5.41, 5.74) is 18.9. The van der Waals surface area contributed by atoms with E-state index in [1.165, 1.54) is 43.8 Å². The molecule has 58 heavy (non-hydrogen) atoms. The van der Waals surface area contributed by atoms with Crippen LogP contribution in [0, 0.1) is 0 Å². The number of rotatable bonds is 9. The van der Waals surface area contributed by atoms with Crippen molar-refractivity contribution in [3.05, 3.63) is 217 Å². The normalized spacial score (nSPS) is 12.5. The van der Waals surface area contributed by atoms with Gasteiger partial charge in [-0.25, -0.2) is 0 Å². The Hall–Kier alpha value is -7.36. The van der Waals surface area contributed by atoms with E-state index in [2.05, 4.69) is 187 Å². The Labute approximate surface area is 339 Å². The fourth-order valence-corrected chi connectivity index (χ4v) is 8.47. The van der Waals surface area contributed by atoms with Crippen LogP contribution in [-0.4, -0.2) is 0 Å². The van der Waals surface area contributed by atoms with Crippen molar-refractivity contribution >= 4 is 60.6 Å². The lowest BCUT2D eigenvalue weighted by molar-refractivity contribution is 0.312. The number of benzene rings is 9. The lowest BCUT2D eigenvalue weighted by atomic mass is 9.93. The van der Waals surface area contributed by atoms with Crippen LogP contribution in [-0.2, 0) is 6.61 Å². The van der Waals surface area contributed by atoms with Gasteiger partial charge in [0.25, 0.3) is 0 Å². The molecule has 0 aliphatic heterocycles. The number of nitrogens with two attached hydrogens (primary N) is 1. The SMILES string of the molecule is Nc1ccc2cc(-c3ccc(N(c4ccc(-c5cc6ccccc6c6ccccc56)cc4)c4ccccc4C4=CC=CCC4)cc3)ccc2c1OCc1ccccc1.